The average Bonchev–Trinajstić information content (AvgIpc) is 2.84. The summed E-state index contributed by atoms with van der Waals surface area (Å²) in [5, 5.41) is 0. The van der Waals surface area contributed by atoms with Gasteiger partial charge in [-0.1, -0.05) is 30.4 Å². The summed E-state index contributed by atoms with van der Waals surface area (Å²) < 4.78 is 10.5. The lowest BCUT2D eigenvalue weighted by Crippen LogP contribution is -2.18. The molecular weight excluding hydrogens is 228 g/mol. The van der Waals surface area contributed by atoms with Crippen molar-refractivity contribution in [1.29, 1.82) is 0 Å². The Morgan fingerprint density at radius 1 is 1.28 bits per heavy atom. The molecule has 1 aliphatic carbocycles. The number of benzene rings is 1. The van der Waals surface area contributed by atoms with Gasteiger partial charge in [0.05, 0.1) is 0 Å². The number of rotatable bonds is 3. The first-order valence-corrected chi connectivity index (χ1v) is 6.40. The number of allylic oxidation sites excluding steroid dienone is 1. The number of hydrogen-bond acceptors (Lipinski definition) is 3. The summed E-state index contributed by atoms with van der Waals surface area (Å²) in [7, 11) is 0. The molecule has 1 fully saturated rings. The second kappa shape index (κ2) is 6.24. The molecule has 1 aromatic carbocycles. The van der Waals surface area contributed by atoms with Crippen molar-refractivity contribution < 1.29 is 14.3 Å². The molecule has 0 radical (unpaired) electrons. The molecule has 3 heteroatoms. The molecule has 0 spiro atoms. The molecule has 0 amide bonds. The minimum atomic E-state index is -0.598. The van der Waals surface area contributed by atoms with Crippen molar-refractivity contribution in [2.24, 2.45) is 0 Å². The fourth-order valence-electron chi connectivity index (χ4n) is 2.15. The molecule has 96 valence electrons. The Balaban J connectivity index is 1.97. The van der Waals surface area contributed by atoms with Gasteiger partial charge in [-0.05, 0) is 38.7 Å². The first kappa shape index (κ1) is 12.7. The third-order valence-corrected chi connectivity index (χ3v) is 3.02. The van der Waals surface area contributed by atoms with Crippen molar-refractivity contribution in [2.75, 3.05) is 0 Å². The van der Waals surface area contributed by atoms with Crippen molar-refractivity contribution in [3.05, 3.63) is 35.9 Å². The Labute approximate surface area is 107 Å². The number of hydrogen-bond donors (Lipinski definition) is 0. The minimum absolute atomic E-state index is 0.0337. The van der Waals surface area contributed by atoms with Crippen LogP contribution in [0.2, 0.25) is 0 Å². The Bertz CT molecular complexity index is 431. The maximum Gasteiger partial charge on any atom is 0.514 e. The molecule has 18 heavy (non-hydrogen) atoms. The van der Waals surface area contributed by atoms with Crippen molar-refractivity contribution in [3.63, 3.8) is 0 Å². The van der Waals surface area contributed by atoms with Gasteiger partial charge in [-0.25, -0.2) is 4.79 Å². The van der Waals surface area contributed by atoms with Crippen molar-refractivity contribution in [3.8, 4) is 5.75 Å². The van der Waals surface area contributed by atoms with E-state index in [1.165, 1.54) is 0 Å². The van der Waals surface area contributed by atoms with Crippen LogP contribution in [0.1, 0.15) is 38.2 Å². The van der Waals surface area contributed by atoms with Crippen LogP contribution in [0.15, 0.2) is 30.3 Å². The van der Waals surface area contributed by atoms with Crippen molar-refractivity contribution in [1.82, 2.24) is 0 Å². The second-order valence-electron chi connectivity index (χ2n) is 4.41. The molecule has 0 aliphatic heterocycles. The summed E-state index contributed by atoms with van der Waals surface area (Å²) in [6, 6.07) is 7.42. The van der Waals surface area contributed by atoms with E-state index in [1.807, 2.05) is 37.3 Å². The maximum atomic E-state index is 11.7. The highest BCUT2D eigenvalue weighted by Gasteiger charge is 2.20. The van der Waals surface area contributed by atoms with Crippen LogP contribution in [0.5, 0.6) is 5.75 Å². The highest BCUT2D eigenvalue weighted by Crippen LogP contribution is 2.23. The van der Waals surface area contributed by atoms with Crippen LogP contribution < -0.4 is 4.74 Å². The van der Waals surface area contributed by atoms with Gasteiger partial charge < -0.3 is 9.47 Å². The van der Waals surface area contributed by atoms with E-state index in [2.05, 4.69) is 0 Å². The fourth-order valence-corrected chi connectivity index (χ4v) is 2.15. The number of carbonyl (C=O) groups is 1. The van der Waals surface area contributed by atoms with Gasteiger partial charge in [0.15, 0.2) is 0 Å². The SMILES string of the molecule is C/C=C/c1ccccc1OC(=O)OC1CCCC1. The lowest BCUT2D eigenvalue weighted by Gasteiger charge is -2.12. The van der Waals surface area contributed by atoms with E-state index in [9.17, 15) is 4.79 Å². The molecule has 0 atom stereocenters. The molecule has 0 heterocycles. The minimum Gasteiger partial charge on any atom is -0.431 e. The molecule has 1 saturated carbocycles. The van der Waals surface area contributed by atoms with E-state index < -0.39 is 6.16 Å². The first-order valence-electron chi connectivity index (χ1n) is 6.40. The number of carbonyl (C=O) groups excluding carboxylic acids is 1. The summed E-state index contributed by atoms with van der Waals surface area (Å²) >= 11 is 0. The van der Waals surface area contributed by atoms with Gasteiger partial charge in [-0.2, -0.15) is 0 Å². The lowest BCUT2D eigenvalue weighted by molar-refractivity contribution is 0.0612. The quantitative estimate of drug-likeness (QED) is 0.593. The van der Waals surface area contributed by atoms with Crippen LogP contribution in [-0.4, -0.2) is 12.3 Å². The molecule has 0 aromatic heterocycles. The summed E-state index contributed by atoms with van der Waals surface area (Å²) in [4.78, 5) is 11.7. The first-order chi connectivity index (χ1) is 8.79. The molecule has 2 rings (SSSR count). The van der Waals surface area contributed by atoms with Crippen LogP contribution in [-0.2, 0) is 4.74 Å². The monoisotopic (exact) mass is 246 g/mol. The van der Waals surface area contributed by atoms with Crippen LogP contribution in [0.4, 0.5) is 4.79 Å². The number of ether oxygens (including phenoxy) is 2. The van der Waals surface area contributed by atoms with Crippen LogP contribution in [0.25, 0.3) is 6.08 Å². The van der Waals surface area contributed by atoms with Gasteiger partial charge in [0.25, 0.3) is 0 Å². The van der Waals surface area contributed by atoms with Crippen LogP contribution in [0.3, 0.4) is 0 Å². The molecule has 0 N–H and O–H groups in total. The smallest absolute Gasteiger partial charge is 0.431 e. The van der Waals surface area contributed by atoms with E-state index in [0.29, 0.717) is 5.75 Å². The summed E-state index contributed by atoms with van der Waals surface area (Å²) in [5.74, 6) is 0.540. The maximum absolute atomic E-state index is 11.7. The fraction of sp³-hybridized carbons (Fsp3) is 0.400. The molecular formula is C15H18O3. The average molecular weight is 246 g/mol. The number of para-hydroxylation sites is 1. The standard InChI is InChI=1S/C15H18O3/c1-2-7-12-8-3-6-11-14(12)18-15(16)17-13-9-4-5-10-13/h2-3,6-8,11,13H,4-5,9-10H2,1H3/b7-2+. The van der Waals surface area contributed by atoms with E-state index >= 15 is 0 Å². The molecule has 3 nitrogen and oxygen atoms in total. The second-order valence-corrected chi connectivity index (χ2v) is 4.41. The van der Waals surface area contributed by atoms with Gasteiger partial charge in [0.1, 0.15) is 11.9 Å². The van der Waals surface area contributed by atoms with E-state index in [-0.39, 0.29) is 6.10 Å². The normalized spacial score (nSPS) is 16.1. The third-order valence-electron chi connectivity index (χ3n) is 3.02. The third kappa shape index (κ3) is 3.36. The van der Waals surface area contributed by atoms with Gasteiger partial charge >= 0.3 is 6.16 Å². The van der Waals surface area contributed by atoms with E-state index in [0.717, 1.165) is 31.2 Å². The van der Waals surface area contributed by atoms with E-state index in [1.54, 1.807) is 6.07 Å². The highest BCUT2D eigenvalue weighted by molar-refractivity contribution is 5.67. The van der Waals surface area contributed by atoms with Crippen LogP contribution in [0, 0.1) is 0 Å². The Morgan fingerprint density at radius 2 is 2.00 bits per heavy atom. The summed E-state index contributed by atoms with van der Waals surface area (Å²) in [6.07, 6.45) is 7.41. The topological polar surface area (TPSA) is 35.5 Å². The molecule has 0 unspecified atom stereocenters. The predicted molar refractivity (Wildman–Crippen MR) is 70.5 cm³/mol. The zero-order chi connectivity index (χ0) is 12.8. The Kier molecular flexibility index (Phi) is 4.40. The van der Waals surface area contributed by atoms with Gasteiger partial charge in [-0.3, -0.25) is 0 Å². The Morgan fingerprint density at radius 3 is 2.72 bits per heavy atom. The molecule has 0 bridgehead atoms. The molecule has 1 aromatic rings. The van der Waals surface area contributed by atoms with Crippen molar-refractivity contribution >= 4 is 12.2 Å². The summed E-state index contributed by atoms with van der Waals surface area (Å²) in [5.41, 5.74) is 0.878. The van der Waals surface area contributed by atoms with Gasteiger partial charge in [0.2, 0.25) is 0 Å². The summed E-state index contributed by atoms with van der Waals surface area (Å²) in [6.45, 7) is 1.92. The van der Waals surface area contributed by atoms with Crippen LogP contribution >= 0.6 is 0 Å². The molecule has 0 saturated heterocycles. The highest BCUT2D eigenvalue weighted by atomic mass is 16.7. The van der Waals surface area contributed by atoms with E-state index in [4.69, 9.17) is 9.47 Å². The van der Waals surface area contributed by atoms with Gasteiger partial charge in [-0.15, -0.1) is 0 Å². The lowest BCUT2D eigenvalue weighted by atomic mass is 10.2. The zero-order valence-corrected chi connectivity index (χ0v) is 10.6. The Hall–Kier alpha value is -1.77. The predicted octanol–water partition coefficient (Wildman–Crippen LogP) is 4.18. The van der Waals surface area contributed by atoms with Gasteiger partial charge in [0, 0.05) is 5.56 Å². The van der Waals surface area contributed by atoms with Crippen molar-refractivity contribution in [2.45, 2.75) is 38.7 Å². The largest absolute Gasteiger partial charge is 0.514 e. The zero-order valence-electron chi connectivity index (χ0n) is 10.6. The molecule has 1 aliphatic rings.